The summed E-state index contributed by atoms with van der Waals surface area (Å²) in [5.74, 6) is 1.98. The highest BCUT2D eigenvalue weighted by Crippen LogP contribution is 2.29. The molecule has 6 heteroatoms. The number of benzene rings is 1. The number of methoxy groups -OCH3 is 1. The molecule has 2 aromatic rings. The number of halogens is 1. The third-order valence-corrected chi connectivity index (χ3v) is 3.47. The molecule has 0 spiro atoms. The number of likely N-dealkylation sites (N-methyl/N-ethyl adjacent to an activating group) is 1. The molecule has 19 heavy (non-hydrogen) atoms. The monoisotopic (exact) mass is 325 g/mol. The number of hydrogen-bond acceptors (Lipinski definition) is 5. The van der Waals surface area contributed by atoms with Crippen molar-refractivity contribution in [1.29, 1.82) is 0 Å². The highest BCUT2D eigenvalue weighted by molar-refractivity contribution is 9.10. The van der Waals surface area contributed by atoms with Gasteiger partial charge >= 0.3 is 0 Å². The van der Waals surface area contributed by atoms with Gasteiger partial charge in [0.2, 0.25) is 0 Å². The molecule has 0 aliphatic heterocycles. The van der Waals surface area contributed by atoms with Crippen LogP contribution in [0.15, 0.2) is 27.2 Å². The van der Waals surface area contributed by atoms with Crippen LogP contribution in [0.25, 0.3) is 11.5 Å². The Hall–Kier alpha value is -1.40. The van der Waals surface area contributed by atoms with E-state index in [1.165, 1.54) is 0 Å². The number of nitrogens with zero attached hydrogens (tertiary/aromatic N) is 2. The number of rotatable bonds is 5. The Morgan fingerprint density at radius 1 is 1.47 bits per heavy atom. The Kier molecular flexibility index (Phi) is 4.55. The van der Waals surface area contributed by atoms with Crippen LogP contribution in [-0.2, 0) is 6.42 Å². The van der Waals surface area contributed by atoms with Gasteiger partial charge in [0, 0.05) is 18.0 Å². The maximum atomic E-state index is 5.27. The SMILES string of the molecule is CNC(C)Cc1noc(-c2ccc(OC)c(Br)c2)n1. The van der Waals surface area contributed by atoms with E-state index in [2.05, 4.69) is 38.3 Å². The van der Waals surface area contributed by atoms with Crippen molar-refractivity contribution in [2.45, 2.75) is 19.4 Å². The standard InChI is InChI=1S/C13H16BrN3O2/c1-8(15-2)6-12-16-13(19-17-12)9-4-5-11(18-3)10(14)7-9/h4-5,7-8,15H,6H2,1-3H3. The maximum Gasteiger partial charge on any atom is 0.257 e. The molecule has 2 rings (SSSR count). The van der Waals surface area contributed by atoms with E-state index in [0.29, 0.717) is 17.8 Å². The van der Waals surface area contributed by atoms with E-state index in [1.807, 2.05) is 25.2 Å². The summed E-state index contributed by atoms with van der Waals surface area (Å²) in [6.07, 6.45) is 0.733. The minimum Gasteiger partial charge on any atom is -0.496 e. The zero-order valence-electron chi connectivity index (χ0n) is 11.1. The fraction of sp³-hybridized carbons (Fsp3) is 0.385. The predicted octanol–water partition coefficient (Wildman–Crippen LogP) is 2.66. The van der Waals surface area contributed by atoms with Crippen molar-refractivity contribution in [2.24, 2.45) is 0 Å². The van der Waals surface area contributed by atoms with Crippen molar-refractivity contribution in [3.8, 4) is 17.2 Å². The Labute approximate surface area is 120 Å². The number of nitrogens with one attached hydrogen (secondary N) is 1. The molecule has 1 aromatic carbocycles. The summed E-state index contributed by atoms with van der Waals surface area (Å²) in [6, 6.07) is 5.97. The largest absolute Gasteiger partial charge is 0.496 e. The molecule has 1 N–H and O–H groups in total. The molecule has 0 aliphatic carbocycles. The van der Waals surface area contributed by atoms with Crippen LogP contribution in [0.2, 0.25) is 0 Å². The third-order valence-electron chi connectivity index (χ3n) is 2.85. The molecule has 1 aromatic heterocycles. The summed E-state index contributed by atoms with van der Waals surface area (Å²) in [5, 5.41) is 7.12. The molecule has 0 aliphatic rings. The van der Waals surface area contributed by atoms with Crippen molar-refractivity contribution in [2.75, 3.05) is 14.2 Å². The normalized spacial score (nSPS) is 12.4. The summed E-state index contributed by atoms with van der Waals surface area (Å²) in [4.78, 5) is 4.39. The first kappa shape index (κ1) is 14.0. The Morgan fingerprint density at radius 2 is 2.26 bits per heavy atom. The van der Waals surface area contributed by atoms with Crippen LogP contribution in [0.3, 0.4) is 0 Å². The van der Waals surface area contributed by atoms with Crippen molar-refractivity contribution < 1.29 is 9.26 Å². The van der Waals surface area contributed by atoms with Gasteiger partial charge in [-0.1, -0.05) is 5.16 Å². The second-order valence-electron chi connectivity index (χ2n) is 4.26. The molecule has 0 saturated heterocycles. The minimum absolute atomic E-state index is 0.313. The topological polar surface area (TPSA) is 60.2 Å². The van der Waals surface area contributed by atoms with Crippen molar-refractivity contribution in [3.63, 3.8) is 0 Å². The van der Waals surface area contributed by atoms with Crippen LogP contribution in [-0.4, -0.2) is 30.3 Å². The number of hydrogen-bond donors (Lipinski definition) is 1. The molecule has 0 amide bonds. The lowest BCUT2D eigenvalue weighted by molar-refractivity contribution is 0.411. The van der Waals surface area contributed by atoms with Gasteiger partial charge in [-0.2, -0.15) is 4.98 Å². The minimum atomic E-state index is 0.313. The van der Waals surface area contributed by atoms with Gasteiger partial charge in [-0.25, -0.2) is 0 Å². The van der Waals surface area contributed by atoms with Crippen molar-refractivity contribution >= 4 is 15.9 Å². The smallest absolute Gasteiger partial charge is 0.257 e. The second kappa shape index (κ2) is 6.16. The molecule has 0 saturated carbocycles. The molecule has 0 radical (unpaired) electrons. The average molecular weight is 326 g/mol. The summed E-state index contributed by atoms with van der Waals surface area (Å²) in [5.41, 5.74) is 0.864. The lowest BCUT2D eigenvalue weighted by Gasteiger charge is -2.05. The molecule has 1 heterocycles. The first-order valence-corrected chi connectivity index (χ1v) is 6.77. The highest BCUT2D eigenvalue weighted by atomic mass is 79.9. The van der Waals surface area contributed by atoms with Gasteiger partial charge in [0.15, 0.2) is 5.82 Å². The van der Waals surface area contributed by atoms with E-state index in [1.54, 1.807) is 7.11 Å². The van der Waals surface area contributed by atoms with Crippen molar-refractivity contribution in [1.82, 2.24) is 15.5 Å². The van der Waals surface area contributed by atoms with E-state index in [-0.39, 0.29) is 0 Å². The molecule has 1 unspecified atom stereocenters. The number of aromatic nitrogens is 2. The van der Waals surface area contributed by atoms with E-state index in [0.717, 1.165) is 22.2 Å². The molecule has 5 nitrogen and oxygen atoms in total. The Bertz CT molecular complexity index is 557. The van der Waals surface area contributed by atoms with Crippen LogP contribution in [0.1, 0.15) is 12.7 Å². The van der Waals surface area contributed by atoms with E-state index in [9.17, 15) is 0 Å². The predicted molar refractivity (Wildman–Crippen MR) is 76.2 cm³/mol. The van der Waals surface area contributed by atoms with Crippen LogP contribution < -0.4 is 10.1 Å². The summed E-state index contributed by atoms with van der Waals surface area (Å²) in [7, 11) is 3.54. The Morgan fingerprint density at radius 3 is 2.89 bits per heavy atom. The first-order valence-electron chi connectivity index (χ1n) is 5.97. The van der Waals surface area contributed by atoms with Crippen molar-refractivity contribution in [3.05, 3.63) is 28.5 Å². The van der Waals surface area contributed by atoms with Gasteiger partial charge in [0.25, 0.3) is 5.89 Å². The van der Waals surface area contributed by atoms with Gasteiger partial charge in [0.05, 0.1) is 11.6 Å². The second-order valence-corrected chi connectivity index (χ2v) is 5.11. The number of ether oxygens (including phenoxy) is 1. The van der Waals surface area contributed by atoms with Crippen LogP contribution in [0, 0.1) is 0 Å². The summed E-state index contributed by atoms with van der Waals surface area (Å²) in [6.45, 7) is 2.07. The molecule has 1 atom stereocenters. The van der Waals surface area contributed by atoms with Crippen LogP contribution in [0.5, 0.6) is 5.75 Å². The van der Waals surface area contributed by atoms with Gasteiger partial charge < -0.3 is 14.6 Å². The Balaban J connectivity index is 2.20. The fourth-order valence-electron chi connectivity index (χ4n) is 1.63. The summed E-state index contributed by atoms with van der Waals surface area (Å²) >= 11 is 3.44. The third kappa shape index (κ3) is 3.33. The lowest BCUT2D eigenvalue weighted by atomic mass is 10.2. The van der Waals surface area contributed by atoms with E-state index >= 15 is 0 Å². The highest BCUT2D eigenvalue weighted by Gasteiger charge is 2.12. The average Bonchev–Trinajstić information content (AvgIpc) is 2.87. The van der Waals surface area contributed by atoms with Gasteiger partial charge in [-0.15, -0.1) is 0 Å². The van der Waals surface area contributed by atoms with Gasteiger partial charge in [-0.05, 0) is 48.1 Å². The van der Waals surface area contributed by atoms with Gasteiger partial charge in [-0.3, -0.25) is 0 Å². The van der Waals surface area contributed by atoms with Crippen LogP contribution in [0.4, 0.5) is 0 Å². The molecule has 0 bridgehead atoms. The zero-order valence-corrected chi connectivity index (χ0v) is 12.7. The van der Waals surface area contributed by atoms with Crippen LogP contribution >= 0.6 is 15.9 Å². The quantitative estimate of drug-likeness (QED) is 0.915. The van der Waals surface area contributed by atoms with E-state index in [4.69, 9.17) is 9.26 Å². The fourth-order valence-corrected chi connectivity index (χ4v) is 2.17. The molecule has 102 valence electrons. The summed E-state index contributed by atoms with van der Waals surface area (Å²) < 4.78 is 11.3. The first-order chi connectivity index (χ1) is 9.13. The zero-order chi connectivity index (χ0) is 13.8. The molecular weight excluding hydrogens is 310 g/mol. The molecule has 0 fully saturated rings. The van der Waals surface area contributed by atoms with Gasteiger partial charge in [0.1, 0.15) is 5.75 Å². The lowest BCUT2D eigenvalue weighted by Crippen LogP contribution is -2.24. The van der Waals surface area contributed by atoms with E-state index < -0.39 is 0 Å². The maximum absolute atomic E-state index is 5.27. The molecular formula is C13H16BrN3O2.